The van der Waals surface area contributed by atoms with Gasteiger partial charge in [-0.25, -0.2) is 4.52 Å². The SMILES string of the molecule is CC(=O)N[C@@H]1CC[C@@H](c2nnc(-c3cnc(-c4ccc5cc(C#N)cnn45)cc3NC(C)C)s2)OC1. The molecule has 0 aliphatic carbocycles. The highest BCUT2D eigenvalue weighted by atomic mass is 32.1. The predicted octanol–water partition coefficient (Wildman–Crippen LogP) is 3.96. The van der Waals surface area contributed by atoms with Gasteiger partial charge < -0.3 is 15.4 Å². The highest BCUT2D eigenvalue weighted by Crippen LogP contribution is 2.37. The third-order valence-corrected chi connectivity index (χ3v) is 6.92. The Hall–Kier alpha value is -3.88. The molecule has 36 heavy (non-hydrogen) atoms. The number of rotatable bonds is 6. The summed E-state index contributed by atoms with van der Waals surface area (Å²) >= 11 is 1.50. The molecule has 184 valence electrons. The van der Waals surface area contributed by atoms with E-state index in [-0.39, 0.29) is 24.1 Å². The number of hydrogen-bond donors (Lipinski definition) is 2. The number of amides is 1. The van der Waals surface area contributed by atoms with Crippen LogP contribution >= 0.6 is 11.3 Å². The van der Waals surface area contributed by atoms with Gasteiger partial charge in [0, 0.05) is 24.8 Å². The van der Waals surface area contributed by atoms with Gasteiger partial charge in [0.15, 0.2) is 5.01 Å². The molecular weight excluding hydrogens is 476 g/mol. The van der Waals surface area contributed by atoms with Crippen LogP contribution in [0.2, 0.25) is 0 Å². The van der Waals surface area contributed by atoms with E-state index in [1.165, 1.54) is 18.3 Å². The van der Waals surface area contributed by atoms with Crippen molar-refractivity contribution in [3.63, 3.8) is 0 Å². The summed E-state index contributed by atoms with van der Waals surface area (Å²) in [5.41, 5.74) is 4.69. The molecule has 1 aliphatic rings. The minimum Gasteiger partial charge on any atom is -0.382 e. The van der Waals surface area contributed by atoms with E-state index in [9.17, 15) is 4.79 Å². The van der Waals surface area contributed by atoms with Crippen LogP contribution in [0.4, 0.5) is 5.69 Å². The molecule has 2 N–H and O–H groups in total. The summed E-state index contributed by atoms with van der Waals surface area (Å²) in [5.74, 6) is -0.0442. The molecular formula is C25H26N8O2S. The van der Waals surface area contributed by atoms with E-state index in [4.69, 9.17) is 15.0 Å². The summed E-state index contributed by atoms with van der Waals surface area (Å²) in [4.78, 5) is 16.0. The number of carbonyl (C=O) groups excluding carboxylic acids is 1. The first kappa shape index (κ1) is 23.8. The van der Waals surface area contributed by atoms with Crippen LogP contribution in [0.25, 0.3) is 27.5 Å². The second kappa shape index (κ2) is 10.0. The van der Waals surface area contributed by atoms with Gasteiger partial charge in [0.2, 0.25) is 5.91 Å². The Kier molecular flexibility index (Phi) is 6.63. The topological polar surface area (TPSA) is 130 Å². The van der Waals surface area contributed by atoms with E-state index in [0.29, 0.717) is 12.2 Å². The largest absolute Gasteiger partial charge is 0.382 e. The van der Waals surface area contributed by atoms with Gasteiger partial charge in [-0.1, -0.05) is 11.3 Å². The van der Waals surface area contributed by atoms with Crippen molar-refractivity contribution in [2.45, 2.75) is 51.8 Å². The van der Waals surface area contributed by atoms with Crippen LogP contribution in [-0.2, 0) is 9.53 Å². The summed E-state index contributed by atoms with van der Waals surface area (Å²) in [6.45, 7) is 6.14. The molecule has 5 heterocycles. The van der Waals surface area contributed by atoms with Crippen molar-refractivity contribution in [1.29, 1.82) is 5.26 Å². The van der Waals surface area contributed by atoms with E-state index in [1.807, 2.05) is 24.4 Å². The third kappa shape index (κ3) is 4.91. The molecule has 11 heteroatoms. The van der Waals surface area contributed by atoms with E-state index in [1.54, 1.807) is 16.8 Å². The zero-order valence-electron chi connectivity index (χ0n) is 20.2. The summed E-state index contributed by atoms with van der Waals surface area (Å²) < 4.78 is 7.76. The number of ether oxygens (including phenoxy) is 1. The molecule has 4 aromatic heterocycles. The lowest BCUT2D eigenvalue weighted by Gasteiger charge is -2.27. The number of anilines is 1. The number of nitrogens with one attached hydrogen (secondary N) is 2. The smallest absolute Gasteiger partial charge is 0.217 e. The van der Waals surface area contributed by atoms with Gasteiger partial charge in [0.05, 0.1) is 46.9 Å². The molecule has 0 aromatic carbocycles. The number of fused-ring (bicyclic) bond motifs is 1. The van der Waals surface area contributed by atoms with Crippen LogP contribution in [-0.4, -0.2) is 49.4 Å². The van der Waals surface area contributed by atoms with E-state index in [2.05, 4.69) is 45.8 Å². The minimum absolute atomic E-state index is 0.0378. The first-order chi connectivity index (χ1) is 17.4. The zero-order chi connectivity index (χ0) is 25.2. The maximum Gasteiger partial charge on any atom is 0.217 e. The van der Waals surface area contributed by atoms with Crippen molar-refractivity contribution in [1.82, 2.24) is 30.1 Å². The molecule has 2 atom stereocenters. The second-order valence-corrected chi connectivity index (χ2v) is 10.1. The van der Waals surface area contributed by atoms with Crippen LogP contribution in [0.15, 0.2) is 36.7 Å². The van der Waals surface area contributed by atoms with Crippen molar-refractivity contribution >= 4 is 28.4 Å². The van der Waals surface area contributed by atoms with Crippen molar-refractivity contribution in [3.8, 4) is 28.0 Å². The highest BCUT2D eigenvalue weighted by Gasteiger charge is 2.27. The van der Waals surface area contributed by atoms with Crippen molar-refractivity contribution in [2.75, 3.05) is 11.9 Å². The van der Waals surface area contributed by atoms with Gasteiger partial charge in [-0.2, -0.15) is 10.4 Å². The predicted molar refractivity (Wildman–Crippen MR) is 136 cm³/mol. The van der Waals surface area contributed by atoms with Crippen molar-refractivity contribution < 1.29 is 9.53 Å². The Bertz CT molecular complexity index is 1450. The molecule has 0 bridgehead atoms. The Morgan fingerprint density at radius 3 is 2.83 bits per heavy atom. The maximum absolute atomic E-state index is 11.3. The van der Waals surface area contributed by atoms with Crippen LogP contribution in [0, 0.1) is 11.3 Å². The monoisotopic (exact) mass is 502 g/mol. The van der Waals surface area contributed by atoms with Crippen molar-refractivity contribution in [2.24, 2.45) is 0 Å². The number of carbonyl (C=O) groups is 1. The molecule has 1 fully saturated rings. The standard InChI is InChI=1S/C25H26N8O2S/c1-14(2)29-20-9-21(22-6-5-18-8-16(10-26)11-28-33(18)22)27-12-19(20)24-31-32-25(36-24)23-7-4-17(13-35-23)30-15(3)34/h5-6,8-9,11-12,14,17,23H,4,7,13H2,1-3H3,(H,27,29)(H,30,34)/t17-,23+/m1/s1. The molecule has 10 nitrogen and oxygen atoms in total. The molecule has 0 unspecified atom stereocenters. The highest BCUT2D eigenvalue weighted by molar-refractivity contribution is 7.14. The lowest BCUT2D eigenvalue weighted by atomic mass is 10.1. The number of aromatic nitrogens is 5. The Morgan fingerprint density at radius 1 is 1.25 bits per heavy atom. The maximum atomic E-state index is 11.3. The van der Waals surface area contributed by atoms with Gasteiger partial charge in [0.1, 0.15) is 17.2 Å². The third-order valence-electron chi connectivity index (χ3n) is 5.87. The van der Waals surface area contributed by atoms with Crippen LogP contribution in [0.3, 0.4) is 0 Å². The molecule has 0 spiro atoms. The summed E-state index contributed by atoms with van der Waals surface area (Å²) in [6.07, 6.45) is 4.83. The van der Waals surface area contributed by atoms with E-state index in [0.717, 1.165) is 51.0 Å². The van der Waals surface area contributed by atoms with E-state index < -0.39 is 0 Å². The number of nitriles is 1. The number of nitrogens with zero attached hydrogens (tertiary/aromatic N) is 6. The fourth-order valence-corrected chi connectivity index (χ4v) is 5.22. The Labute approximate surface area is 212 Å². The quantitative estimate of drug-likeness (QED) is 0.405. The first-order valence-electron chi connectivity index (χ1n) is 11.8. The fraction of sp³-hybridized carbons (Fsp3) is 0.360. The van der Waals surface area contributed by atoms with Gasteiger partial charge in [-0.3, -0.25) is 9.78 Å². The molecule has 5 rings (SSSR count). The van der Waals surface area contributed by atoms with Gasteiger partial charge in [-0.05, 0) is 51.0 Å². The number of pyridine rings is 1. The first-order valence-corrected chi connectivity index (χ1v) is 12.6. The second-order valence-electron chi connectivity index (χ2n) is 9.07. The van der Waals surface area contributed by atoms with Crippen LogP contribution < -0.4 is 10.6 Å². The lowest BCUT2D eigenvalue weighted by molar-refractivity contribution is -0.121. The van der Waals surface area contributed by atoms with E-state index >= 15 is 0 Å². The van der Waals surface area contributed by atoms with Crippen LogP contribution in [0.1, 0.15) is 50.3 Å². The Balaban J connectivity index is 1.42. The molecule has 1 amide bonds. The van der Waals surface area contributed by atoms with Gasteiger partial charge in [-0.15, -0.1) is 10.2 Å². The lowest BCUT2D eigenvalue weighted by Crippen LogP contribution is -2.40. The average Bonchev–Trinajstić information content (AvgIpc) is 3.51. The fourth-order valence-electron chi connectivity index (χ4n) is 4.27. The molecule has 0 saturated carbocycles. The van der Waals surface area contributed by atoms with Gasteiger partial charge >= 0.3 is 0 Å². The van der Waals surface area contributed by atoms with Gasteiger partial charge in [0.25, 0.3) is 0 Å². The normalized spacial score (nSPS) is 17.8. The molecule has 1 aliphatic heterocycles. The summed E-state index contributed by atoms with van der Waals surface area (Å²) in [6, 6.07) is 10.0. The molecule has 1 saturated heterocycles. The summed E-state index contributed by atoms with van der Waals surface area (Å²) in [5, 5.41) is 30.4. The summed E-state index contributed by atoms with van der Waals surface area (Å²) in [7, 11) is 0. The zero-order valence-corrected chi connectivity index (χ0v) is 21.0. The van der Waals surface area contributed by atoms with Crippen LogP contribution in [0.5, 0.6) is 0 Å². The minimum atomic E-state index is -0.133. The molecule has 4 aromatic rings. The van der Waals surface area contributed by atoms with Crippen molar-refractivity contribution in [3.05, 3.63) is 47.2 Å². The molecule has 0 radical (unpaired) electrons. The number of hydrogen-bond acceptors (Lipinski definition) is 9. The Morgan fingerprint density at radius 2 is 2.11 bits per heavy atom. The average molecular weight is 503 g/mol.